The highest BCUT2D eigenvalue weighted by molar-refractivity contribution is 6.21. The second kappa shape index (κ2) is 8.62. The number of rotatable bonds is 0. The molecule has 11 aromatic rings. The summed E-state index contributed by atoms with van der Waals surface area (Å²) in [7, 11) is 0. The topological polar surface area (TPSA) is 33.9 Å². The second-order valence-corrected chi connectivity index (χ2v) is 14.1. The van der Waals surface area contributed by atoms with E-state index in [2.05, 4.69) is 166 Å². The van der Waals surface area contributed by atoms with Crippen molar-refractivity contribution in [2.75, 3.05) is 10.6 Å². The van der Waals surface area contributed by atoms with Crippen LogP contribution in [0.25, 0.3) is 97.8 Å². The largest absolute Gasteiger partial charge is 0.352 e. The van der Waals surface area contributed by atoms with Gasteiger partial charge in [0.2, 0.25) is 0 Å². The predicted octanol–water partition coefficient (Wildman–Crippen LogP) is 12.6. The Morgan fingerprint density at radius 2 is 0.680 bits per heavy atom. The summed E-state index contributed by atoms with van der Waals surface area (Å²) in [6, 6.07) is 49.8. The van der Waals surface area contributed by atoms with Gasteiger partial charge >= 0.3 is 0 Å². The van der Waals surface area contributed by atoms with Crippen LogP contribution in [0.3, 0.4) is 0 Å². The lowest BCUT2D eigenvalue weighted by molar-refractivity contribution is 1.12. The summed E-state index contributed by atoms with van der Waals surface area (Å²) in [5.41, 5.74) is 9.44. The van der Waals surface area contributed by atoms with Crippen LogP contribution in [-0.4, -0.2) is 9.13 Å². The molecule has 2 aromatic heterocycles. The van der Waals surface area contributed by atoms with Gasteiger partial charge in [0.1, 0.15) is 0 Å². The number of hydrogen-bond acceptors (Lipinski definition) is 2. The first-order valence-electron chi connectivity index (χ1n) is 17.2. The van der Waals surface area contributed by atoms with Crippen LogP contribution in [0.1, 0.15) is 0 Å². The number of anilines is 4. The Morgan fingerprint density at radius 1 is 0.300 bits per heavy atom. The van der Waals surface area contributed by atoms with Crippen molar-refractivity contribution in [3.8, 4) is 11.4 Å². The average Bonchev–Trinajstić information content (AvgIpc) is 3.79. The molecule has 4 heterocycles. The average molecular weight is 635 g/mol. The molecule has 0 unspecified atom stereocenters. The maximum Gasteiger partial charge on any atom is 0.0772 e. The van der Waals surface area contributed by atoms with Crippen molar-refractivity contribution in [1.82, 2.24) is 9.13 Å². The van der Waals surface area contributed by atoms with Gasteiger partial charge in [0.25, 0.3) is 0 Å². The minimum absolute atomic E-state index is 1.14. The Kier molecular flexibility index (Phi) is 4.36. The number of nitrogens with one attached hydrogen (secondary N) is 2. The second-order valence-electron chi connectivity index (χ2n) is 14.1. The van der Waals surface area contributed by atoms with Gasteiger partial charge in [-0.25, -0.2) is 0 Å². The molecule has 0 saturated carbocycles. The zero-order chi connectivity index (χ0) is 32.2. The molecule has 2 aliphatic heterocycles. The van der Waals surface area contributed by atoms with Gasteiger partial charge in [-0.3, -0.25) is 0 Å². The molecule has 0 amide bonds. The minimum atomic E-state index is 1.14. The molecule has 13 rings (SSSR count). The van der Waals surface area contributed by atoms with Gasteiger partial charge in [-0.2, -0.15) is 0 Å². The molecule has 0 bridgehead atoms. The van der Waals surface area contributed by atoms with E-state index in [0.717, 1.165) is 22.7 Å². The van der Waals surface area contributed by atoms with Crippen molar-refractivity contribution in [1.29, 1.82) is 0 Å². The van der Waals surface area contributed by atoms with Crippen LogP contribution in [0.4, 0.5) is 22.7 Å². The van der Waals surface area contributed by atoms with Gasteiger partial charge in [0, 0.05) is 23.2 Å². The first-order chi connectivity index (χ1) is 24.7. The normalized spacial score (nSPS) is 13.1. The molecule has 0 saturated heterocycles. The van der Waals surface area contributed by atoms with Crippen LogP contribution in [0.2, 0.25) is 0 Å². The van der Waals surface area contributed by atoms with Gasteiger partial charge in [0.05, 0.1) is 45.2 Å². The van der Waals surface area contributed by atoms with Crippen LogP contribution in [0, 0.1) is 0 Å². The smallest absolute Gasteiger partial charge is 0.0772 e. The van der Waals surface area contributed by atoms with E-state index in [0.29, 0.717) is 0 Å². The third-order valence-corrected chi connectivity index (χ3v) is 11.4. The monoisotopic (exact) mass is 634 g/mol. The molecule has 2 aliphatic rings. The van der Waals surface area contributed by atoms with Crippen LogP contribution in [0.15, 0.2) is 146 Å². The lowest BCUT2D eigenvalue weighted by Crippen LogP contribution is -2.07. The molecule has 0 radical (unpaired) electrons. The molecule has 4 heteroatoms. The Balaban J connectivity index is 1.01. The molecule has 2 N–H and O–H groups in total. The van der Waals surface area contributed by atoms with E-state index in [4.69, 9.17) is 0 Å². The zero-order valence-corrected chi connectivity index (χ0v) is 26.8. The van der Waals surface area contributed by atoms with Crippen molar-refractivity contribution < 1.29 is 0 Å². The molecular weight excluding hydrogens is 609 g/mol. The van der Waals surface area contributed by atoms with Crippen molar-refractivity contribution >= 4 is 109 Å². The minimum Gasteiger partial charge on any atom is -0.352 e. The maximum absolute atomic E-state index is 3.79. The first kappa shape index (κ1) is 25.3. The van der Waals surface area contributed by atoms with E-state index in [1.165, 1.54) is 97.8 Å². The van der Waals surface area contributed by atoms with Gasteiger partial charge < -0.3 is 19.8 Å². The first-order valence-corrected chi connectivity index (χ1v) is 17.2. The van der Waals surface area contributed by atoms with Gasteiger partial charge in [-0.15, -0.1) is 0 Å². The van der Waals surface area contributed by atoms with Crippen LogP contribution in [-0.2, 0) is 0 Å². The van der Waals surface area contributed by atoms with Gasteiger partial charge in [-0.05, 0) is 150 Å². The zero-order valence-electron chi connectivity index (χ0n) is 26.8. The van der Waals surface area contributed by atoms with Crippen molar-refractivity contribution in [2.24, 2.45) is 0 Å². The molecule has 230 valence electrons. The molecule has 0 fully saturated rings. The highest BCUT2D eigenvalue weighted by Crippen LogP contribution is 2.46. The fourth-order valence-corrected chi connectivity index (χ4v) is 9.08. The number of fused-ring (bicyclic) bond motifs is 12. The molecule has 9 aromatic carbocycles. The lowest BCUT2D eigenvalue weighted by Gasteiger charge is -2.23. The molecule has 0 atom stereocenters. The Bertz CT molecular complexity index is 3150. The molecule has 0 aliphatic carbocycles. The highest BCUT2D eigenvalue weighted by Gasteiger charge is 2.22. The van der Waals surface area contributed by atoms with E-state index >= 15 is 0 Å². The summed E-state index contributed by atoms with van der Waals surface area (Å²) in [5.74, 6) is 0. The molecule has 0 spiro atoms. The Morgan fingerprint density at radius 3 is 1.14 bits per heavy atom. The van der Waals surface area contributed by atoms with Crippen molar-refractivity contribution in [2.45, 2.75) is 0 Å². The van der Waals surface area contributed by atoms with E-state index in [-0.39, 0.29) is 0 Å². The third kappa shape index (κ3) is 3.16. The summed E-state index contributed by atoms with van der Waals surface area (Å²) in [6.45, 7) is 0. The summed E-state index contributed by atoms with van der Waals surface area (Å²) in [6.07, 6.45) is 4.46. The quantitative estimate of drug-likeness (QED) is 0.163. The number of nitrogens with zero attached hydrogens (tertiary/aromatic N) is 2. The maximum atomic E-state index is 3.79. The fourth-order valence-electron chi connectivity index (χ4n) is 9.08. The van der Waals surface area contributed by atoms with Crippen LogP contribution < -0.4 is 10.6 Å². The van der Waals surface area contributed by atoms with Gasteiger partial charge in [-0.1, -0.05) is 48.5 Å². The lowest BCUT2D eigenvalue weighted by atomic mass is 9.94. The van der Waals surface area contributed by atoms with E-state index in [1.807, 2.05) is 0 Å². The van der Waals surface area contributed by atoms with Crippen molar-refractivity contribution in [3.05, 3.63) is 146 Å². The standard InChI is InChI=1S/C46H26N4/c1-3-7-27-23-43-39(19-25(27)5-1)47-41-21-33-15-29-13-32-18-38-34(16-30(32)14-31(29)17-37(33)35-9-11-49(43)45(35)41)22-42-46-36(38)10-12-50(46)44-24-28-8-4-2-6-26(28)20-40(44)48-42/h1-24,47-48H. The van der Waals surface area contributed by atoms with E-state index in [9.17, 15) is 0 Å². The molecular formula is C46H26N4. The highest BCUT2D eigenvalue weighted by atomic mass is 15.1. The fraction of sp³-hybridized carbons (Fsp3) is 0. The summed E-state index contributed by atoms with van der Waals surface area (Å²) >= 11 is 0. The van der Waals surface area contributed by atoms with E-state index in [1.54, 1.807) is 0 Å². The Hall–Kier alpha value is -6.78. The molecule has 50 heavy (non-hydrogen) atoms. The van der Waals surface area contributed by atoms with Crippen molar-refractivity contribution in [3.63, 3.8) is 0 Å². The Labute approximate surface area is 285 Å². The third-order valence-electron chi connectivity index (χ3n) is 11.4. The number of aromatic nitrogens is 2. The number of benzene rings is 9. The number of hydrogen-bond donors (Lipinski definition) is 2. The van der Waals surface area contributed by atoms with Gasteiger partial charge in [0.15, 0.2) is 0 Å². The van der Waals surface area contributed by atoms with Crippen LogP contribution in [0.5, 0.6) is 0 Å². The summed E-state index contributed by atoms with van der Waals surface area (Å²) in [4.78, 5) is 0. The molecule has 4 nitrogen and oxygen atoms in total. The van der Waals surface area contributed by atoms with E-state index < -0.39 is 0 Å². The SMILES string of the molecule is c1ccc2cc3c(cc2c1)Nc1cc2cc4cc5cc6c(cc7c8c6ccn8-c6cc8ccccc8cc6N7)cc5cc4cc2c2ccn-3c12. The summed E-state index contributed by atoms with van der Waals surface area (Å²) in [5, 5.41) is 25.2. The van der Waals surface area contributed by atoms with Crippen LogP contribution >= 0.6 is 0 Å². The predicted molar refractivity (Wildman–Crippen MR) is 212 cm³/mol. The summed E-state index contributed by atoms with van der Waals surface area (Å²) < 4.78 is 4.71.